The van der Waals surface area contributed by atoms with Crippen LogP contribution in [0.15, 0.2) is 72.9 Å². The Bertz CT molecular complexity index is 1240. The summed E-state index contributed by atoms with van der Waals surface area (Å²) in [6.45, 7) is 6.40. The predicted molar refractivity (Wildman–Crippen MR) is 284 cm³/mol. The SMILES string of the molecule is CC\C=C/C=C\C=C/CCCCCCCC(=O)OCC(COC(=O)CCCCCCCCCCC/C=C\C/C=C\C/C=C\CC)OC(=O)CCCCCCCCCCCCCCCCCC. The van der Waals surface area contributed by atoms with Crippen molar-refractivity contribution in [1.29, 1.82) is 0 Å². The lowest BCUT2D eigenvalue weighted by Gasteiger charge is -2.18. The minimum absolute atomic E-state index is 0.0831. The van der Waals surface area contributed by atoms with Crippen LogP contribution in [0.5, 0.6) is 0 Å². The molecule has 0 aliphatic heterocycles. The van der Waals surface area contributed by atoms with E-state index in [1.807, 2.05) is 0 Å². The van der Waals surface area contributed by atoms with Gasteiger partial charge in [-0.15, -0.1) is 0 Å². The molecule has 0 aromatic heterocycles. The highest BCUT2D eigenvalue weighted by Crippen LogP contribution is 2.16. The lowest BCUT2D eigenvalue weighted by Crippen LogP contribution is -2.30. The van der Waals surface area contributed by atoms with Gasteiger partial charge in [-0.1, -0.05) is 254 Å². The van der Waals surface area contributed by atoms with Crippen molar-refractivity contribution < 1.29 is 28.6 Å². The second kappa shape index (κ2) is 54.5. The molecule has 6 heteroatoms. The molecule has 0 amide bonds. The Hall–Kier alpha value is -3.15. The van der Waals surface area contributed by atoms with Gasteiger partial charge in [0, 0.05) is 19.3 Å². The maximum atomic E-state index is 12.8. The molecule has 0 N–H and O–H groups in total. The molecule has 6 nitrogen and oxygen atoms in total. The first-order valence-electron chi connectivity index (χ1n) is 28.0. The van der Waals surface area contributed by atoms with Gasteiger partial charge in [-0.2, -0.15) is 0 Å². The fourth-order valence-corrected chi connectivity index (χ4v) is 7.87. The Morgan fingerprint density at radius 3 is 1.09 bits per heavy atom. The second-order valence-electron chi connectivity index (χ2n) is 18.5. The number of unbranched alkanes of at least 4 members (excludes halogenated alkanes) is 29. The van der Waals surface area contributed by atoms with E-state index in [-0.39, 0.29) is 31.1 Å². The highest BCUT2D eigenvalue weighted by atomic mass is 16.6. The van der Waals surface area contributed by atoms with E-state index in [9.17, 15) is 14.4 Å². The first-order valence-corrected chi connectivity index (χ1v) is 28.0. The molecule has 0 aromatic carbocycles. The van der Waals surface area contributed by atoms with E-state index in [4.69, 9.17) is 14.2 Å². The topological polar surface area (TPSA) is 78.9 Å². The summed E-state index contributed by atoms with van der Waals surface area (Å²) < 4.78 is 16.8. The van der Waals surface area contributed by atoms with Gasteiger partial charge in [-0.05, 0) is 70.6 Å². The van der Waals surface area contributed by atoms with Crippen molar-refractivity contribution in [3.05, 3.63) is 72.9 Å². The smallest absolute Gasteiger partial charge is 0.306 e. The van der Waals surface area contributed by atoms with E-state index < -0.39 is 6.10 Å². The van der Waals surface area contributed by atoms with Gasteiger partial charge in [0.15, 0.2) is 6.10 Å². The van der Waals surface area contributed by atoms with Crippen molar-refractivity contribution >= 4 is 17.9 Å². The molecule has 0 bridgehead atoms. The molecule has 0 radical (unpaired) electrons. The van der Waals surface area contributed by atoms with Crippen LogP contribution < -0.4 is 0 Å². The predicted octanol–water partition coefficient (Wildman–Crippen LogP) is 18.6. The molecule has 0 heterocycles. The summed E-state index contributed by atoms with van der Waals surface area (Å²) in [5, 5.41) is 0. The Morgan fingerprint density at radius 1 is 0.333 bits per heavy atom. The van der Waals surface area contributed by atoms with E-state index in [2.05, 4.69) is 93.7 Å². The Labute approximate surface area is 408 Å². The van der Waals surface area contributed by atoms with Crippen LogP contribution in [0, 0.1) is 0 Å². The summed E-state index contributed by atoms with van der Waals surface area (Å²) in [5.74, 6) is -0.900. The molecule has 0 fully saturated rings. The van der Waals surface area contributed by atoms with Crippen LogP contribution in [-0.4, -0.2) is 37.2 Å². The van der Waals surface area contributed by atoms with Gasteiger partial charge in [-0.3, -0.25) is 14.4 Å². The Balaban J connectivity index is 4.37. The number of ether oxygens (including phenoxy) is 3. The molecular formula is C60H104O6. The number of allylic oxidation sites excluding steroid dienone is 12. The minimum Gasteiger partial charge on any atom is -0.462 e. The van der Waals surface area contributed by atoms with E-state index in [0.29, 0.717) is 19.3 Å². The van der Waals surface area contributed by atoms with Gasteiger partial charge >= 0.3 is 17.9 Å². The fraction of sp³-hybridized carbons (Fsp3) is 0.750. The van der Waals surface area contributed by atoms with E-state index >= 15 is 0 Å². The number of carbonyl (C=O) groups is 3. The summed E-state index contributed by atoms with van der Waals surface area (Å²) in [7, 11) is 0. The normalized spacial score (nSPS) is 12.6. The van der Waals surface area contributed by atoms with E-state index in [0.717, 1.165) is 103 Å². The summed E-state index contributed by atoms with van der Waals surface area (Å²) in [5.41, 5.74) is 0. The molecule has 0 aliphatic carbocycles. The van der Waals surface area contributed by atoms with Crippen molar-refractivity contribution in [1.82, 2.24) is 0 Å². The van der Waals surface area contributed by atoms with Gasteiger partial charge < -0.3 is 14.2 Å². The zero-order valence-electron chi connectivity index (χ0n) is 43.4. The van der Waals surface area contributed by atoms with Crippen LogP contribution in [0.4, 0.5) is 0 Å². The first kappa shape index (κ1) is 62.8. The second-order valence-corrected chi connectivity index (χ2v) is 18.5. The number of carbonyl (C=O) groups excluding carboxylic acids is 3. The largest absolute Gasteiger partial charge is 0.462 e. The first-order chi connectivity index (χ1) is 32.5. The number of hydrogen-bond acceptors (Lipinski definition) is 6. The zero-order valence-corrected chi connectivity index (χ0v) is 43.4. The monoisotopic (exact) mass is 921 g/mol. The van der Waals surface area contributed by atoms with Crippen LogP contribution in [0.1, 0.15) is 271 Å². The van der Waals surface area contributed by atoms with Crippen molar-refractivity contribution in [2.45, 2.75) is 277 Å². The molecule has 0 rings (SSSR count). The van der Waals surface area contributed by atoms with Gasteiger partial charge in [0.25, 0.3) is 0 Å². The maximum absolute atomic E-state index is 12.8. The van der Waals surface area contributed by atoms with Crippen molar-refractivity contribution in [2.75, 3.05) is 13.2 Å². The van der Waals surface area contributed by atoms with Crippen LogP contribution >= 0.6 is 0 Å². The average Bonchev–Trinajstić information content (AvgIpc) is 3.31. The third kappa shape index (κ3) is 51.8. The third-order valence-electron chi connectivity index (χ3n) is 12.0. The quantitative estimate of drug-likeness (QED) is 0.0199. The number of hydrogen-bond donors (Lipinski definition) is 0. The minimum atomic E-state index is -0.784. The molecule has 0 saturated carbocycles. The van der Waals surface area contributed by atoms with E-state index in [1.165, 1.54) is 128 Å². The van der Waals surface area contributed by atoms with Gasteiger partial charge in [0.05, 0.1) is 0 Å². The summed E-state index contributed by atoms with van der Waals surface area (Å²) in [6, 6.07) is 0. The van der Waals surface area contributed by atoms with Gasteiger partial charge in [0.1, 0.15) is 13.2 Å². The number of esters is 3. The molecule has 0 spiro atoms. The van der Waals surface area contributed by atoms with Crippen molar-refractivity contribution in [3.8, 4) is 0 Å². The lowest BCUT2D eigenvalue weighted by molar-refractivity contribution is -0.167. The maximum Gasteiger partial charge on any atom is 0.306 e. The average molecular weight is 921 g/mol. The molecule has 0 aromatic rings. The summed E-state index contributed by atoms with van der Waals surface area (Å²) in [6.07, 6.45) is 68.9. The molecular weight excluding hydrogens is 817 g/mol. The number of rotatable bonds is 50. The standard InChI is InChI=1S/C60H104O6/c1-4-7-10-13-16-19-22-25-27-29-30-31-33-35-38-41-44-47-50-53-59(62)65-56-57(55-64-58(61)52-49-46-43-40-37-34-24-21-18-15-12-9-6-3)66-60(63)54-51-48-45-42-39-36-32-28-26-23-20-17-14-11-8-5-2/h7,9-10,12,15-16,18-19,21,24-25,27,57H,4-6,8,11,13-14,17,20,22-23,26,28-56H2,1-3H3/b10-7-,12-9-,18-15-,19-16-,24-21-,27-25-. The highest BCUT2D eigenvalue weighted by Gasteiger charge is 2.19. The molecule has 0 aliphatic rings. The Morgan fingerprint density at radius 2 is 0.667 bits per heavy atom. The third-order valence-corrected chi connectivity index (χ3v) is 12.0. The zero-order chi connectivity index (χ0) is 47.9. The van der Waals surface area contributed by atoms with Crippen LogP contribution in [0.2, 0.25) is 0 Å². The molecule has 1 unspecified atom stereocenters. The van der Waals surface area contributed by atoms with Gasteiger partial charge in [0.2, 0.25) is 0 Å². The highest BCUT2D eigenvalue weighted by molar-refractivity contribution is 5.71. The molecule has 380 valence electrons. The molecule has 0 saturated heterocycles. The fourth-order valence-electron chi connectivity index (χ4n) is 7.87. The molecule has 1 atom stereocenters. The Kier molecular flexibility index (Phi) is 51.9. The lowest BCUT2D eigenvalue weighted by atomic mass is 10.0. The van der Waals surface area contributed by atoms with Crippen molar-refractivity contribution in [3.63, 3.8) is 0 Å². The summed E-state index contributed by atoms with van der Waals surface area (Å²) in [4.78, 5) is 38.1. The van der Waals surface area contributed by atoms with Crippen LogP contribution in [0.25, 0.3) is 0 Å². The van der Waals surface area contributed by atoms with Gasteiger partial charge in [-0.25, -0.2) is 0 Å². The van der Waals surface area contributed by atoms with Crippen molar-refractivity contribution in [2.24, 2.45) is 0 Å². The van der Waals surface area contributed by atoms with E-state index in [1.54, 1.807) is 0 Å². The van der Waals surface area contributed by atoms with Crippen LogP contribution in [0.3, 0.4) is 0 Å². The molecule has 66 heavy (non-hydrogen) atoms. The van der Waals surface area contributed by atoms with Crippen LogP contribution in [-0.2, 0) is 28.6 Å². The summed E-state index contributed by atoms with van der Waals surface area (Å²) >= 11 is 0.